The molecule has 0 saturated heterocycles. The monoisotopic (exact) mass is 627 g/mol. The first-order valence-electron chi connectivity index (χ1n) is 13.1. The predicted octanol–water partition coefficient (Wildman–Crippen LogP) is 5.90. The number of nitrogens with one attached hydrogen (secondary N) is 1. The van der Waals surface area contributed by atoms with Crippen molar-refractivity contribution in [1.82, 2.24) is 10.2 Å². The van der Waals surface area contributed by atoms with Gasteiger partial charge in [0.25, 0.3) is 10.0 Å². The van der Waals surface area contributed by atoms with Crippen molar-refractivity contribution in [2.45, 2.75) is 71.5 Å². The summed E-state index contributed by atoms with van der Waals surface area (Å²) >= 11 is 3.47. The first-order chi connectivity index (χ1) is 18.6. The number of aryl methyl sites for hydroxylation is 3. The Hall–Kier alpha value is -3.17. The van der Waals surface area contributed by atoms with Crippen molar-refractivity contribution in [1.29, 1.82) is 0 Å². The summed E-state index contributed by atoms with van der Waals surface area (Å²) in [6, 6.07) is 18.6. The normalized spacial score (nSPS) is 12.5. The van der Waals surface area contributed by atoms with Crippen LogP contribution in [0.15, 0.2) is 76.1 Å². The molecule has 9 heteroatoms. The average Bonchev–Trinajstić information content (AvgIpc) is 2.85. The molecule has 3 rings (SSSR count). The number of benzene rings is 3. The average molecular weight is 629 g/mol. The molecule has 3 aromatic rings. The first kappa shape index (κ1) is 31.4. The van der Waals surface area contributed by atoms with E-state index in [9.17, 15) is 18.0 Å². The van der Waals surface area contributed by atoms with Crippen LogP contribution < -0.4 is 9.62 Å². The highest BCUT2D eigenvalue weighted by Gasteiger charge is 2.34. The molecule has 1 N–H and O–H groups in total. The topological polar surface area (TPSA) is 86.8 Å². The largest absolute Gasteiger partial charge is 0.350 e. The minimum atomic E-state index is -4.11. The summed E-state index contributed by atoms with van der Waals surface area (Å²) in [4.78, 5) is 28.8. The molecule has 0 radical (unpaired) electrons. The molecule has 40 heavy (non-hydrogen) atoms. The van der Waals surface area contributed by atoms with Crippen molar-refractivity contribution in [3.63, 3.8) is 0 Å². The lowest BCUT2D eigenvalue weighted by atomic mass is 10.1. The smallest absolute Gasteiger partial charge is 0.264 e. The van der Waals surface area contributed by atoms with Gasteiger partial charge in [0.15, 0.2) is 0 Å². The van der Waals surface area contributed by atoms with Crippen molar-refractivity contribution in [3.8, 4) is 0 Å². The molecule has 0 saturated carbocycles. The summed E-state index contributed by atoms with van der Waals surface area (Å²) in [6.07, 6.45) is 0. The maximum atomic E-state index is 14.1. The molecule has 0 bridgehead atoms. The van der Waals surface area contributed by atoms with E-state index in [4.69, 9.17) is 0 Å². The standard InChI is InChI=1S/C31H38BrN3O4S/c1-21-11-14-27(15-12-21)40(38,39)35(28-16-13-22(2)17-23(28)3)20-29(36)34(19-25-9-8-10-26(32)18-25)24(4)30(37)33-31(5,6)7/h8-18,24H,19-20H2,1-7H3,(H,33,37)/t24-/m1/s1. The highest BCUT2D eigenvalue weighted by atomic mass is 79.9. The molecule has 0 unspecified atom stereocenters. The second kappa shape index (κ2) is 12.6. The van der Waals surface area contributed by atoms with Crippen LogP contribution in [0.4, 0.5) is 5.69 Å². The molecule has 0 aliphatic rings. The van der Waals surface area contributed by atoms with Gasteiger partial charge in [-0.25, -0.2) is 8.42 Å². The first-order valence-corrected chi connectivity index (χ1v) is 15.3. The molecule has 1 atom stereocenters. The molecule has 0 aliphatic carbocycles. The lowest BCUT2D eigenvalue weighted by Crippen LogP contribution is -2.54. The van der Waals surface area contributed by atoms with Crippen molar-refractivity contribution < 1.29 is 18.0 Å². The second-order valence-corrected chi connectivity index (χ2v) is 14.0. The van der Waals surface area contributed by atoms with Crippen molar-refractivity contribution >= 4 is 43.5 Å². The number of halogens is 1. The third kappa shape index (κ3) is 7.95. The van der Waals surface area contributed by atoms with Crippen LogP contribution in [0.5, 0.6) is 0 Å². The second-order valence-electron chi connectivity index (χ2n) is 11.2. The van der Waals surface area contributed by atoms with Gasteiger partial charge in [0, 0.05) is 16.6 Å². The maximum absolute atomic E-state index is 14.1. The van der Waals surface area contributed by atoms with Gasteiger partial charge in [-0.15, -0.1) is 0 Å². The fourth-order valence-electron chi connectivity index (χ4n) is 4.32. The Bertz CT molecular complexity index is 1480. The van der Waals surface area contributed by atoms with Crippen LogP contribution in [0.3, 0.4) is 0 Å². The summed E-state index contributed by atoms with van der Waals surface area (Å²) in [5, 5.41) is 2.94. The van der Waals surface area contributed by atoms with Gasteiger partial charge in [-0.1, -0.05) is 63.5 Å². The molecule has 214 valence electrons. The lowest BCUT2D eigenvalue weighted by molar-refractivity contribution is -0.140. The molecule has 0 fully saturated rings. The van der Waals surface area contributed by atoms with E-state index in [1.165, 1.54) is 4.90 Å². The number of rotatable bonds is 9. The summed E-state index contributed by atoms with van der Waals surface area (Å²) in [7, 11) is -4.11. The Kier molecular flexibility index (Phi) is 9.85. The molecular weight excluding hydrogens is 590 g/mol. The van der Waals surface area contributed by atoms with Gasteiger partial charge in [-0.3, -0.25) is 13.9 Å². The molecule has 2 amide bonds. The fraction of sp³-hybridized carbons (Fsp3) is 0.355. The molecule has 0 aliphatic heterocycles. The van der Waals surface area contributed by atoms with Crippen LogP contribution in [-0.2, 0) is 26.2 Å². The number of amides is 2. The van der Waals surface area contributed by atoms with Crippen molar-refractivity contribution in [2.75, 3.05) is 10.8 Å². The van der Waals surface area contributed by atoms with Crippen LogP contribution in [0, 0.1) is 20.8 Å². The molecule has 0 aromatic heterocycles. The zero-order valence-corrected chi connectivity index (χ0v) is 26.6. The number of carbonyl (C=O) groups is 2. The summed E-state index contributed by atoms with van der Waals surface area (Å²) in [5.74, 6) is -0.817. The molecular formula is C31H38BrN3O4S. The van der Waals surface area contributed by atoms with E-state index < -0.39 is 34.1 Å². The van der Waals surface area contributed by atoms with E-state index in [2.05, 4.69) is 21.2 Å². The lowest BCUT2D eigenvalue weighted by Gasteiger charge is -2.34. The van der Waals surface area contributed by atoms with E-state index in [1.54, 1.807) is 37.3 Å². The minimum Gasteiger partial charge on any atom is -0.350 e. The van der Waals surface area contributed by atoms with Gasteiger partial charge < -0.3 is 10.2 Å². The zero-order valence-electron chi connectivity index (χ0n) is 24.2. The van der Waals surface area contributed by atoms with Gasteiger partial charge >= 0.3 is 0 Å². The summed E-state index contributed by atoms with van der Waals surface area (Å²) in [6.45, 7) is 12.6. The Labute approximate surface area is 246 Å². The molecule has 0 heterocycles. The predicted molar refractivity (Wildman–Crippen MR) is 164 cm³/mol. The highest BCUT2D eigenvalue weighted by Crippen LogP contribution is 2.28. The third-order valence-electron chi connectivity index (χ3n) is 6.42. The van der Waals surface area contributed by atoms with E-state index in [0.717, 1.165) is 31.0 Å². The zero-order chi connectivity index (χ0) is 29.8. The number of carbonyl (C=O) groups excluding carboxylic acids is 2. The van der Waals surface area contributed by atoms with E-state index in [1.807, 2.05) is 77.9 Å². The maximum Gasteiger partial charge on any atom is 0.264 e. The van der Waals surface area contributed by atoms with E-state index >= 15 is 0 Å². The quantitative estimate of drug-likeness (QED) is 0.320. The highest BCUT2D eigenvalue weighted by molar-refractivity contribution is 9.10. The van der Waals surface area contributed by atoms with Crippen LogP contribution >= 0.6 is 15.9 Å². The summed E-state index contributed by atoms with van der Waals surface area (Å²) < 4.78 is 30.0. The number of hydrogen-bond donors (Lipinski definition) is 1. The van der Waals surface area contributed by atoms with Gasteiger partial charge in [-0.2, -0.15) is 0 Å². The van der Waals surface area contributed by atoms with Crippen molar-refractivity contribution in [2.24, 2.45) is 0 Å². The van der Waals surface area contributed by atoms with Crippen LogP contribution in [-0.4, -0.2) is 43.3 Å². The van der Waals surface area contributed by atoms with Crippen LogP contribution in [0.2, 0.25) is 0 Å². The molecule has 3 aromatic carbocycles. The Morgan fingerprint density at radius 3 is 2.12 bits per heavy atom. The Morgan fingerprint density at radius 2 is 1.55 bits per heavy atom. The minimum absolute atomic E-state index is 0.0861. The van der Waals surface area contributed by atoms with Gasteiger partial charge in [-0.05, 0) is 89.9 Å². The number of anilines is 1. The molecule has 7 nitrogen and oxygen atoms in total. The van der Waals surface area contributed by atoms with Gasteiger partial charge in [0.1, 0.15) is 12.6 Å². The number of nitrogens with zero attached hydrogens (tertiary/aromatic N) is 2. The van der Waals surface area contributed by atoms with E-state index in [-0.39, 0.29) is 17.3 Å². The Morgan fingerprint density at radius 1 is 0.925 bits per heavy atom. The fourth-order valence-corrected chi connectivity index (χ4v) is 6.25. The van der Waals surface area contributed by atoms with Crippen LogP contribution in [0.25, 0.3) is 0 Å². The summed E-state index contributed by atoms with van der Waals surface area (Å²) in [5.41, 5.74) is 3.33. The Balaban J connectivity index is 2.08. The van der Waals surface area contributed by atoms with E-state index in [0.29, 0.717) is 5.69 Å². The SMILES string of the molecule is Cc1ccc(S(=O)(=O)N(CC(=O)N(Cc2cccc(Br)c2)[C@H](C)C(=O)NC(C)(C)C)c2ccc(C)cc2C)cc1. The number of hydrogen-bond acceptors (Lipinski definition) is 4. The van der Waals surface area contributed by atoms with Crippen molar-refractivity contribution in [3.05, 3.63) is 93.5 Å². The number of sulfonamides is 1. The van der Waals surface area contributed by atoms with Crippen LogP contribution in [0.1, 0.15) is 49.9 Å². The molecule has 0 spiro atoms. The van der Waals surface area contributed by atoms with Gasteiger partial charge in [0.2, 0.25) is 11.8 Å². The van der Waals surface area contributed by atoms with Gasteiger partial charge in [0.05, 0.1) is 10.6 Å². The third-order valence-corrected chi connectivity index (χ3v) is 8.68.